The van der Waals surface area contributed by atoms with E-state index in [-0.39, 0.29) is 52.6 Å². The van der Waals surface area contributed by atoms with Gasteiger partial charge in [0.25, 0.3) is 0 Å². The van der Waals surface area contributed by atoms with Gasteiger partial charge in [-0.3, -0.25) is 9.59 Å². The van der Waals surface area contributed by atoms with Crippen molar-refractivity contribution in [1.29, 1.82) is 0 Å². The first kappa shape index (κ1) is 24.5. The number of alkyl halides is 2. The molecule has 1 saturated heterocycles. The highest BCUT2D eigenvalue weighted by atomic mass is 35.5. The maximum atomic E-state index is 13.8. The molecule has 6 unspecified atom stereocenters. The van der Waals surface area contributed by atoms with Crippen LogP contribution in [0, 0.1) is 0 Å². The third-order valence-electron chi connectivity index (χ3n) is 7.68. The number of carbonyl (C=O) groups is 2. The van der Waals surface area contributed by atoms with E-state index >= 15 is 0 Å². The lowest BCUT2D eigenvalue weighted by Gasteiger charge is -2.54. The van der Waals surface area contributed by atoms with E-state index < -0.39 is 17.7 Å². The van der Waals surface area contributed by atoms with E-state index in [4.69, 9.17) is 16.3 Å². The van der Waals surface area contributed by atoms with Crippen molar-refractivity contribution in [2.24, 2.45) is 0 Å². The van der Waals surface area contributed by atoms with Gasteiger partial charge in [0, 0.05) is 24.0 Å². The molecule has 5 rings (SSSR count). The number of halogens is 2. The largest absolute Gasteiger partial charge is 0.391 e. The zero-order valence-electron chi connectivity index (χ0n) is 18.6. The minimum atomic E-state index is -1.08. The van der Waals surface area contributed by atoms with E-state index in [2.05, 4.69) is 16.0 Å². The standard InChI is InChI=1S/C22H35ClFN3O4S/c1-13(28)20-25-11-17(32-20)19(30)27-22-7-4-21(5-8-22,6-9-22)26-18(29)12-31-14-2-3-15(23)16(24)10-14/h13-17,20,25,28H,2-12H2,1H3,(H,26,29)(H,27,30). The molecule has 2 amide bonds. The first-order valence-corrected chi connectivity index (χ1v) is 13.2. The topological polar surface area (TPSA) is 99.7 Å². The smallest absolute Gasteiger partial charge is 0.246 e. The molecule has 0 spiro atoms. The monoisotopic (exact) mass is 491 g/mol. The predicted octanol–water partition coefficient (Wildman–Crippen LogP) is 1.99. The van der Waals surface area contributed by atoms with Gasteiger partial charge in [-0.05, 0) is 58.3 Å². The first-order chi connectivity index (χ1) is 15.2. The van der Waals surface area contributed by atoms with Crippen molar-refractivity contribution in [3.05, 3.63) is 0 Å². The van der Waals surface area contributed by atoms with Crippen LogP contribution in [-0.2, 0) is 14.3 Å². The summed E-state index contributed by atoms with van der Waals surface area (Å²) in [7, 11) is 0. The number of rotatable bonds is 7. The predicted molar refractivity (Wildman–Crippen MR) is 122 cm³/mol. The van der Waals surface area contributed by atoms with E-state index in [0.717, 1.165) is 38.5 Å². The van der Waals surface area contributed by atoms with E-state index in [1.54, 1.807) is 6.92 Å². The van der Waals surface area contributed by atoms with Gasteiger partial charge in [0.2, 0.25) is 11.8 Å². The summed E-state index contributed by atoms with van der Waals surface area (Å²) in [5.74, 6) is -0.111. The van der Waals surface area contributed by atoms with Crippen LogP contribution in [0.4, 0.5) is 4.39 Å². The molecule has 1 heterocycles. The molecule has 10 heteroatoms. The molecule has 5 aliphatic rings. The SMILES string of the molecule is CC(O)C1NCC(C(=O)NC23CCC(NC(=O)COC4CCC(Cl)C(F)C4)(CC2)CC3)S1. The van der Waals surface area contributed by atoms with Gasteiger partial charge < -0.3 is 25.8 Å². The molecule has 5 fully saturated rings. The number of carbonyl (C=O) groups excluding carboxylic acids is 2. The number of thioether (sulfide) groups is 1. The normalized spacial score (nSPS) is 42.4. The van der Waals surface area contributed by atoms with Crippen molar-refractivity contribution < 1.29 is 23.8 Å². The Morgan fingerprint density at radius 1 is 1.19 bits per heavy atom. The third-order valence-corrected chi connectivity index (χ3v) is 9.73. The molecule has 2 bridgehead atoms. The van der Waals surface area contributed by atoms with Crippen molar-refractivity contribution in [3.63, 3.8) is 0 Å². The molecule has 0 aromatic carbocycles. The Balaban J connectivity index is 1.21. The van der Waals surface area contributed by atoms with Crippen molar-refractivity contribution in [2.45, 2.75) is 110 Å². The van der Waals surface area contributed by atoms with Crippen molar-refractivity contribution in [1.82, 2.24) is 16.0 Å². The zero-order chi connectivity index (χ0) is 22.9. The quantitative estimate of drug-likeness (QED) is 0.406. The molecule has 7 nitrogen and oxygen atoms in total. The van der Waals surface area contributed by atoms with Gasteiger partial charge in [-0.1, -0.05) is 0 Å². The van der Waals surface area contributed by atoms with Gasteiger partial charge >= 0.3 is 0 Å². The second-order valence-electron chi connectivity index (χ2n) is 10.1. The molecule has 182 valence electrons. The minimum Gasteiger partial charge on any atom is -0.391 e. The Bertz CT molecular complexity index is 690. The summed E-state index contributed by atoms with van der Waals surface area (Å²) < 4.78 is 19.4. The molecule has 0 radical (unpaired) electrons. The number of hydrogen-bond donors (Lipinski definition) is 4. The van der Waals surface area contributed by atoms with Crippen LogP contribution >= 0.6 is 23.4 Å². The van der Waals surface area contributed by atoms with E-state index in [9.17, 15) is 19.1 Å². The zero-order valence-corrected chi connectivity index (χ0v) is 20.2. The Kier molecular flexibility index (Phi) is 7.61. The van der Waals surface area contributed by atoms with Crippen LogP contribution in [0.2, 0.25) is 0 Å². The molecule has 4 saturated carbocycles. The number of nitrogens with one attached hydrogen (secondary N) is 3. The molecule has 0 aromatic heterocycles. The van der Waals surface area contributed by atoms with Crippen LogP contribution in [0.1, 0.15) is 64.7 Å². The first-order valence-electron chi connectivity index (χ1n) is 11.8. The Hall–Kier alpha value is -0.610. The molecular formula is C22H35ClFN3O4S. The summed E-state index contributed by atoms with van der Waals surface area (Å²) in [5, 5.41) is 18.7. The summed E-state index contributed by atoms with van der Waals surface area (Å²) in [5.41, 5.74) is -0.426. The van der Waals surface area contributed by atoms with Gasteiger partial charge in [0.1, 0.15) is 12.8 Å². The minimum absolute atomic E-state index is 0.0373. The van der Waals surface area contributed by atoms with Crippen LogP contribution in [0.25, 0.3) is 0 Å². The number of hydrogen-bond acceptors (Lipinski definition) is 6. The summed E-state index contributed by atoms with van der Waals surface area (Å²) in [6.07, 6.45) is 4.69. The van der Waals surface area contributed by atoms with E-state index in [0.29, 0.717) is 19.4 Å². The van der Waals surface area contributed by atoms with Gasteiger partial charge in [-0.2, -0.15) is 0 Å². The molecule has 32 heavy (non-hydrogen) atoms. The van der Waals surface area contributed by atoms with Crippen molar-refractivity contribution >= 4 is 35.2 Å². The molecule has 1 aliphatic heterocycles. The summed E-state index contributed by atoms with van der Waals surface area (Å²) in [6, 6.07) is 0. The molecule has 4 aliphatic carbocycles. The molecule has 6 atom stereocenters. The van der Waals surface area contributed by atoms with Crippen LogP contribution < -0.4 is 16.0 Å². The molecular weight excluding hydrogens is 457 g/mol. The Morgan fingerprint density at radius 2 is 1.81 bits per heavy atom. The number of aliphatic hydroxyl groups is 1. The average molecular weight is 492 g/mol. The lowest BCUT2D eigenvalue weighted by molar-refractivity contribution is -0.133. The second-order valence-corrected chi connectivity index (χ2v) is 12.0. The highest BCUT2D eigenvalue weighted by molar-refractivity contribution is 8.01. The molecule has 0 aromatic rings. The van der Waals surface area contributed by atoms with E-state index in [1.165, 1.54) is 11.8 Å². The van der Waals surface area contributed by atoms with Crippen LogP contribution in [0.3, 0.4) is 0 Å². The number of aliphatic hydroxyl groups excluding tert-OH is 1. The third kappa shape index (κ3) is 5.54. The van der Waals surface area contributed by atoms with Crippen LogP contribution in [0.5, 0.6) is 0 Å². The van der Waals surface area contributed by atoms with Crippen LogP contribution in [0.15, 0.2) is 0 Å². The molecule has 4 N–H and O–H groups in total. The average Bonchev–Trinajstić information content (AvgIpc) is 3.27. The van der Waals surface area contributed by atoms with E-state index in [1.807, 2.05) is 0 Å². The fourth-order valence-corrected chi connectivity index (χ4v) is 6.93. The fraction of sp³-hybridized carbons (Fsp3) is 0.909. The second kappa shape index (κ2) is 9.94. The van der Waals surface area contributed by atoms with Gasteiger partial charge in [-0.25, -0.2) is 4.39 Å². The Labute approximate surface area is 198 Å². The lowest BCUT2D eigenvalue weighted by atomic mass is 9.61. The fourth-order valence-electron chi connectivity index (χ4n) is 5.56. The number of ether oxygens (including phenoxy) is 1. The lowest BCUT2D eigenvalue weighted by Crippen LogP contribution is -2.64. The number of amides is 2. The van der Waals surface area contributed by atoms with Gasteiger partial charge in [-0.15, -0.1) is 23.4 Å². The highest BCUT2D eigenvalue weighted by Gasteiger charge is 2.50. The van der Waals surface area contributed by atoms with Crippen molar-refractivity contribution in [2.75, 3.05) is 13.2 Å². The summed E-state index contributed by atoms with van der Waals surface area (Å²) >= 11 is 7.40. The maximum absolute atomic E-state index is 13.8. The summed E-state index contributed by atoms with van der Waals surface area (Å²) in [6.45, 7) is 2.25. The van der Waals surface area contributed by atoms with Crippen LogP contribution in [-0.4, -0.2) is 75.5 Å². The van der Waals surface area contributed by atoms with Gasteiger partial charge in [0.15, 0.2) is 0 Å². The maximum Gasteiger partial charge on any atom is 0.246 e. The van der Waals surface area contributed by atoms with Gasteiger partial charge in [0.05, 0.1) is 28.2 Å². The van der Waals surface area contributed by atoms with Crippen molar-refractivity contribution in [3.8, 4) is 0 Å². The Morgan fingerprint density at radius 3 is 2.38 bits per heavy atom. The summed E-state index contributed by atoms with van der Waals surface area (Å²) in [4.78, 5) is 25.4. The number of fused-ring (bicyclic) bond motifs is 3. The highest BCUT2D eigenvalue weighted by Crippen LogP contribution is 2.47.